The standard InChI is InChI=1S/C14H17NO4S/c1-9(20(2,18)19)13(16)11-6-5-10-4-3-7-15-14(17)12(10)8-11/h5-6,8-9H,3-4,7H2,1-2H3,(H,15,17). The minimum Gasteiger partial charge on any atom is -0.352 e. The van der Waals surface area contributed by atoms with Gasteiger partial charge in [-0.25, -0.2) is 8.42 Å². The van der Waals surface area contributed by atoms with Crippen molar-refractivity contribution in [2.45, 2.75) is 25.0 Å². The quantitative estimate of drug-likeness (QED) is 0.843. The molecule has 1 amide bonds. The summed E-state index contributed by atoms with van der Waals surface area (Å²) >= 11 is 0. The average molecular weight is 295 g/mol. The Morgan fingerprint density at radius 1 is 1.35 bits per heavy atom. The summed E-state index contributed by atoms with van der Waals surface area (Å²) in [4.78, 5) is 24.1. The van der Waals surface area contributed by atoms with E-state index in [1.807, 2.05) is 0 Å². The average Bonchev–Trinajstić information content (AvgIpc) is 2.58. The molecule has 6 heteroatoms. The zero-order valence-corrected chi connectivity index (χ0v) is 12.3. The van der Waals surface area contributed by atoms with E-state index in [2.05, 4.69) is 5.32 Å². The maximum Gasteiger partial charge on any atom is 0.251 e. The zero-order valence-electron chi connectivity index (χ0n) is 11.5. The van der Waals surface area contributed by atoms with Gasteiger partial charge in [0.25, 0.3) is 5.91 Å². The molecule has 0 fully saturated rings. The van der Waals surface area contributed by atoms with Gasteiger partial charge in [-0.2, -0.15) is 0 Å². The summed E-state index contributed by atoms with van der Waals surface area (Å²) in [5.41, 5.74) is 1.62. The summed E-state index contributed by atoms with van der Waals surface area (Å²) in [5, 5.41) is 1.66. The van der Waals surface area contributed by atoms with Crippen LogP contribution >= 0.6 is 0 Å². The third kappa shape index (κ3) is 2.90. The van der Waals surface area contributed by atoms with Crippen LogP contribution in [0.25, 0.3) is 0 Å². The Labute approximate surface area is 118 Å². The smallest absolute Gasteiger partial charge is 0.251 e. The van der Waals surface area contributed by atoms with Gasteiger partial charge in [-0.15, -0.1) is 0 Å². The molecule has 0 aliphatic carbocycles. The summed E-state index contributed by atoms with van der Waals surface area (Å²) in [6.45, 7) is 1.97. The third-order valence-electron chi connectivity index (χ3n) is 3.56. The van der Waals surface area contributed by atoms with E-state index in [1.54, 1.807) is 12.1 Å². The maximum absolute atomic E-state index is 12.2. The third-order valence-corrected chi connectivity index (χ3v) is 5.06. The second kappa shape index (κ2) is 5.36. The van der Waals surface area contributed by atoms with Gasteiger partial charge in [-0.3, -0.25) is 9.59 Å². The number of aryl methyl sites for hydroxylation is 1. The first-order chi connectivity index (χ1) is 9.30. The molecule has 5 nitrogen and oxygen atoms in total. The first-order valence-electron chi connectivity index (χ1n) is 6.45. The van der Waals surface area contributed by atoms with Crippen molar-refractivity contribution in [1.82, 2.24) is 5.32 Å². The van der Waals surface area contributed by atoms with E-state index in [9.17, 15) is 18.0 Å². The number of nitrogens with one attached hydrogen (secondary N) is 1. The topological polar surface area (TPSA) is 80.3 Å². The van der Waals surface area contributed by atoms with Crippen LogP contribution in [0.1, 0.15) is 39.6 Å². The van der Waals surface area contributed by atoms with Gasteiger partial charge in [-0.05, 0) is 31.4 Å². The first-order valence-corrected chi connectivity index (χ1v) is 8.40. The first kappa shape index (κ1) is 14.7. The molecule has 20 heavy (non-hydrogen) atoms. The molecular weight excluding hydrogens is 278 g/mol. The monoisotopic (exact) mass is 295 g/mol. The van der Waals surface area contributed by atoms with Gasteiger partial charge >= 0.3 is 0 Å². The normalized spacial score (nSPS) is 16.8. The summed E-state index contributed by atoms with van der Waals surface area (Å²) in [5.74, 6) is -0.688. The number of carbonyl (C=O) groups is 2. The van der Waals surface area contributed by atoms with E-state index < -0.39 is 20.9 Å². The lowest BCUT2D eigenvalue weighted by molar-refractivity contribution is 0.0956. The highest BCUT2D eigenvalue weighted by Crippen LogP contribution is 2.18. The van der Waals surface area contributed by atoms with Crippen LogP contribution in [0, 0.1) is 0 Å². The van der Waals surface area contributed by atoms with Gasteiger partial charge in [0, 0.05) is 23.9 Å². The van der Waals surface area contributed by atoms with Gasteiger partial charge in [0.05, 0.1) is 0 Å². The molecule has 0 saturated carbocycles. The molecule has 0 bridgehead atoms. The van der Waals surface area contributed by atoms with Gasteiger partial charge in [0.1, 0.15) is 5.25 Å². The van der Waals surface area contributed by atoms with Crippen molar-refractivity contribution in [3.63, 3.8) is 0 Å². The van der Waals surface area contributed by atoms with Crippen LogP contribution < -0.4 is 5.32 Å². The molecule has 2 rings (SSSR count). The minimum atomic E-state index is -3.44. The lowest BCUT2D eigenvalue weighted by atomic mass is 9.98. The van der Waals surface area contributed by atoms with E-state index in [4.69, 9.17) is 0 Å². The highest BCUT2D eigenvalue weighted by molar-refractivity contribution is 7.92. The molecular formula is C14H17NO4S. The molecule has 108 valence electrons. The molecule has 1 aromatic carbocycles. The summed E-state index contributed by atoms with van der Waals surface area (Å²) in [6.07, 6.45) is 2.65. The Bertz CT molecular complexity index is 664. The SMILES string of the molecule is CC(C(=O)c1ccc2c(c1)C(=O)NCCC2)S(C)(=O)=O. The van der Waals surface area contributed by atoms with Crippen molar-refractivity contribution >= 4 is 21.5 Å². The van der Waals surface area contributed by atoms with Crippen LogP contribution in [-0.4, -0.2) is 38.2 Å². The van der Waals surface area contributed by atoms with Gasteiger partial charge < -0.3 is 5.32 Å². The fourth-order valence-corrected chi connectivity index (χ4v) is 2.69. The fraction of sp³-hybridized carbons (Fsp3) is 0.429. The van der Waals surface area contributed by atoms with Crippen molar-refractivity contribution in [2.75, 3.05) is 12.8 Å². The molecule has 1 aliphatic rings. The lowest BCUT2D eigenvalue weighted by Gasteiger charge is -2.11. The number of ketones is 1. The van der Waals surface area contributed by atoms with Gasteiger partial charge in [0.15, 0.2) is 15.6 Å². The molecule has 1 atom stereocenters. The van der Waals surface area contributed by atoms with Crippen molar-refractivity contribution in [1.29, 1.82) is 0 Å². The predicted octanol–water partition coefficient (Wildman–Crippen LogP) is 0.978. The number of hydrogen-bond acceptors (Lipinski definition) is 4. The van der Waals surface area contributed by atoms with E-state index >= 15 is 0 Å². The van der Waals surface area contributed by atoms with Gasteiger partial charge in [-0.1, -0.05) is 12.1 Å². The highest BCUT2D eigenvalue weighted by atomic mass is 32.2. The van der Waals surface area contributed by atoms with Crippen molar-refractivity contribution in [3.8, 4) is 0 Å². The van der Waals surface area contributed by atoms with E-state index in [-0.39, 0.29) is 11.5 Å². The molecule has 0 spiro atoms. The number of Topliss-reactive ketones (excluding diaryl/α,β-unsaturated/α-hetero) is 1. The molecule has 1 heterocycles. The van der Waals surface area contributed by atoms with Gasteiger partial charge in [0.2, 0.25) is 0 Å². The predicted molar refractivity (Wildman–Crippen MR) is 75.7 cm³/mol. The second-order valence-electron chi connectivity index (χ2n) is 5.07. The van der Waals surface area contributed by atoms with E-state index in [0.29, 0.717) is 12.1 Å². The second-order valence-corrected chi connectivity index (χ2v) is 7.43. The number of benzene rings is 1. The summed E-state index contributed by atoms with van der Waals surface area (Å²) < 4.78 is 22.9. The van der Waals surface area contributed by atoms with E-state index in [1.165, 1.54) is 13.0 Å². The Hall–Kier alpha value is -1.69. The molecule has 1 aliphatic heterocycles. The van der Waals surface area contributed by atoms with Crippen LogP contribution in [0.15, 0.2) is 18.2 Å². The number of sulfone groups is 1. The molecule has 0 radical (unpaired) electrons. The van der Waals surface area contributed by atoms with Crippen LogP contribution in [0.4, 0.5) is 0 Å². The van der Waals surface area contributed by atoms with E-state index in [0.717, 1.165) is 24.7 Å². The van der Waals surface area contributed by atoms with Crippen LogP contribution in [0.5, 0.6) is 0 Å². The summed E-state index contributed by atoms with van der Waals surface area (Å²) in [7, 11) is -3.44. The number of fused-ring (bicyclic) bond motifs is 1. The Morgan fingerprint density at radius 3 is 2.70 bits per heavy atom. The van der Waals surface area contributed by atoms with Crippen LogP contribution in [0.3, 0.4) is 0 Å². The lowest BCUT2D eigenvalue weighted by Crippen LogP contribution is -2.27. The number of amides is 1. The summed E-state index contributed by atoms with van der Waals surface area (Å²) in [6, 6.07) is 4.84. The number of hydrogen-bond donors (Lipinski definition) is 1. The van der Waals surface area contributed by atoms with Crippen molar-refractivity contribution < 1.29 is 18.0 Å². The Balaban J connectivity index is 2.41. The molecule has 1 unspecified atom stereocenters. The number of rotatable bonds is 3. The maximum atomic E-state index is 12.2. The van der Waals surface area contributed by atoms with Crippen LogP contribution in [-0.2, 0) is 16.3 Å². The molecule has 0 aromatic heterocycles. The molecule has 0 saturated heterocycles. The Kier molecular flexibility index (Phi) is 3.94. The Morgan fingerprint density at radius 2 is 2.05 bits per heavy atom. The fourth-order valence-electron chi connectivity index (χ4n) is 2.16. The van der Waals surface area contributed by atoms with Crippen molar-refractivity contribution in [3.05, 3.63) is 34.9 Å². The molecule has 1 aromatic rings. The van der Waals surface area contributed by atoms with Crippen LogP contribution in [0.2, 0.25) is 0 Å². The van der Waals surface area contributed by atoms with Crippen molar-refractivity contribution in [2.24, 2.45) is 0 Å². The minimum absolute atomic E-state index is 0.209. The highest BCUT2D eigenvalue weighted by Gasteiger charge is 2.26. The largest absolute Gasteiger partial charge is 0.352 e. The number of carbonyl (C=O) groups excluding carboxylic acids is 2. The zero-order chi connectivity index (χ0) is 14.9. The molecule has 1 N–H and O–H groups in total.